The first-order valence-electron chi connectivity index (χ1n) is 9.60. The first kappa shape index (κ1) is 18.0. The Morgan fingerprint density at radius 3 is 2.46 bits per heavy atom. The normalized spacial score (nSPS) is 12.0. The van der Waals surface area contributed by atoms with Gasteiger partial charge in [-0.25, -0.2) is 4.98 Å². The fourth-order valence-electron chi connectivity index (χ4n) is 3.58. The molecular weight excluding hydrogens is 344 g/mol. The highest BCUT2D eigenvalue weighted by Crippen LogP contribution is 2.32. The molecule has 28 heavy (non-hydrogen) atoms. The van der Waals surface area contributed by atoms with Crippen molar-refractivity contribution in [2.24, 2.45) is 0 Å². The van der Waals surface area contributed by atoms with Gasteiger partial charge in [0.25, 0.3) is 0 Å². The SMILES string of the molecule is C[C@H](c1cnc(NCCc2ccccc2)nc1N)c1cccc2ccccc12. The number of nitrogen functional groups attached to an aromatic ring is 1. The van der Waals surface area contributed by atoms with Crippen LogP contribution in [0.4, 0.5) is 11.8 Å². The summed E-state index contributed by atoms with van der Waals surface area (Å²) in [6, 6.07) is 25.1. The molecule has 0 radical (unpaired) electrons. The van der Waals surface area contributed by atoms with E-state index in [1.54, 1.807) is 0 Å². The minimum absolute atomic E-state index is 0.115. The maximum absolute atomic E-state index is 6.30. The van der Waals surface area contributed by atoms with Crippen molar-refractivity contribution < 1.29 is 0 Å². The lowest BCUT2D eigenvalue weighted by Gasteiger charge is -2.17. The van der Waals surface area contributed by atoms with Gasteiger partial charge < -0.3 is 11.1 Å². The zero-order valence-electron chi connectivity index (χ0n) is 16.0. The zero-order valence-corrected chi connectivity index (χ0v) is 16.0. The van der Waals surface area contributed by atoms with Gasteiger partial charge in [-0.1, -0.05) is 79.7 Å². The molecule has 4 rings (SSSR count). The molecule has 0 aliphatic carbocycles. The highest BCUT2D eigenvalue weighted by atomic mass is 15.1. The maximum atomic E-state index is 6.30. The molecule has 0 fully saturated rings. The molecule has 3 N–H and O–H groups in total. The van der Waals surface area contributed by atoms with Crippen LogP contribution in [-0.2, 0) is 6.42 Å². The van der Waals surface area contributed by atoms with E-state index in [-0.39, 0.29) is 5.92 Å². The molecule has 0 aliphatic rings. The van der Waals surface area contributed by atoms with Crippen molar-refractivity contribution in [2.75, 3.05) is 17.6 Å². The second-order valence-corrected chi connectivity index (χ2v) is 6.99. The fourth-order valence-corrected chi connectivity index (χ4v) is 3.58. The van der Waals surface area contributed by atoms with Crippen LogP contribution in [0.2, 0.25) is 0 Å². The van der Waals surface area contributed by atoms with Crippen LogP contribution in [0, 0.1) is 0 Å². The highest BCUT2D eigenvalue weighted by Gasteiger charge is 2.16. The summed E-state index contributed by atoms with van der Waals surface area (Å²) in [4.78, 5) is 8.98. The largest absolute Gasteiger partial charge is 0.383 e. The first-order chi connectivity index (χ1) is 13.7. The molecule has 0 spiro atoms. The van der Waals surface area contributed by atoms with Crippen LogP contribution >= 0.6 is 0 Å². The monoisotopic (exact) mass is 368 g/mol. The molecule has 0 aliphatic heterocycles. The second kappa shape index (κ2) is 8.09. The molecule has 1 heterocycles. The smallest absolute Gasteiger partial charge is 0.224 e. The predicted molar refractivity (Wildman–Crippen MR) is 117 cm³/mol. The van der Waals surface area contributed by atoms with Crippen LogP contribution in [0.5, 0.6) is 0 Å². The van der Waals surface area contributed by atoms with Gasteiger partial charge in [-0.05, 0) is 28.3 Å². The Balaban J connectivity index is 1.51. The van der Waals surface area contributed by atoms with Gasteiger partial charge >= 0.3 is 0 Å². The Morgan fingerprint density at radius 2 is 1.64 bits per heavy atom. The van der Waals surface area contributed by atoms with Crippen LogP contribution in [0.15, 0.2) is 79.0 Å². The molecule has 3 aromatic carbocycles. The number of hydrogen-bond acceptors (Lipinski definition) is 4. The van der Waals surface area contributed by atoms with Gasteiger partial charge in [0.05, 0.1) is 0 Å². The highest BCUT2D eigenvalue weighted by molar-refractivity contribution is 5.86. The third-order valence-corrected chi connectivity index (χ3v) is 5.14. The van der Waals surface area contributed by atoms with E-state index in [1.165, 1.54) is 21.9 Å². The standard InChI is InChI=1S/C24H24N4/c1-17(20-13-7-11-19-10-5-6-12-21(19)20)22-16-27-24(28-23(22)25)26-15-14-18-8-3-2-4-9-18/h2-13,16-17H,14-15H2,1H3,(H3,25,26,27,28)/t17-/m0/s1. The lowest BCUT2D eigenvalue weighted by atomic mass is 9.90. The lowest BCUT2D eigenvalue weighted by molar-refractivity contribution is 0.904. The Bertz CT molecular complexity index is 1070. The molecule has 0 saturated heterocycles. The molecule has 1 aromatic heterocycles. The number of benzene rings is 3. The van der Waals surface area contributed by atoms with Crippen molar-refractivity contribution in [3.63, 3.8) is 0 Å². The van der Waals surface area contributed by atoms with Gasteiger partial charge in [-0.3, -0.25) is 0 Å². The Hall–Kier alpha value is -3.40. The van der Waals surface area contributed by atoms with E-state index in [4.69, 9.17) is 5.73 Å². The van der Waals surface area contributed by atoms with Gasteiger partial charge in [-0.15, -0.1) is 0 Å². The van der Waals surface area contributed by atoms with Crippen molar-refractivity contribution in [2.45, 2.75) is 19.3 Å². The number of anilines is 2. The Morgan fingerprint density at radius 1 is 0.893 bits per heavy atom. The van der Waals surface area contributed by atoms with E-state index in [0.717, 1.165) is 18.5 Å². The summed E-state index contributed by atoms with van der Waals surface area (Å²) >= 11 is 0. The molecule has 4 heteroatoms. The topological polar surface area (TPSA) is 63.8 Å². The average molecular weight is 368 g/mol. The van der Waals surface area contributed by atoms with E-state index in [0.29, 0.717) is 11.8 Å². The van der Waals surface area contributed by atoms with Crippen molar-refractivity contribution in [3.05, 3.63) is 95.7 Å². The summed E-state index contributed by atoms with van der Waals surface area (Å²) in [5.74, 6) is 1.21. The van der Waals surface area contributed by atoms with Gasteiger partial charge in [0, 0.05) is 24.2 Å². The van der Waals surface area contributed by atoms with Crippen LogP contribution in [0.3, 0.4) is 0 Å². The summed E-state index contributed by atoms with van der Waals surface area (Å²) < 4.78 is 0. The summed E-state index contributed by atoms with van der Waals surface area (Å²) in [5.41, 5.74) is 9.76. The van der Waals surface area contributed by atoms with Crippen LogP contribution in [0.25, 0.3) is 10.8 Å². The summed E-state index contributed by atoms with van der Waals surface area (Å²) in [5, 5.41) is 5.73. The van der Waals surface area contributed by atoms with Crippen LogP contribution in [0.1, 0.15) is 29.5 Å². The van der Waals surface area contributed by atoms with E-state index >= 15 is 0 Å². The van der Waals surface area contributed by atoms with E-state index in [1.807, 2.05) is 24.4 Å². The van der Waals surface area contributed by atoms with Crippen molar-refractivity contribution in [1.29, 1.82) is 0 Å². The van der Waals surface area contributed by atoms with Crippen molar-refractivity contribution in [1.82, 2.24) is 9.97 Å². The first-order valence-corrected chi connectivity index (χ1v) is 9.60. The molecule has 140 valence electrons. The van der Waals surface area contributed by atoms with E-state index in [2.05, 4.69) is 76.8 Å². The minimum atomic E-state index is 0.115. The van der Waals surface area contributed by atoms with Gasteiger partial charge in [0.2, 0.25) is 5.95 Å². The molecule has 4 aromatic rings. The fraction of sp³-hybridized carbons (Fsp3) is 0.167. The van der Waals surface area contributed by atoms with E-state index in [9.17, 15) is 0 Å². The second-order valence-electron chi connectivity index (χ2n) is 6.99. The molecule has 0 bridgehead atoms. The molecule has 0 amide bonds. The van der Waals surface area contributed by atoms with Crippen LogP contribution < -0.4 is 11.1 Å². The number of rotatable bonds is 6. The lowest BCUT2D eigenvalue weighted by Crippen LogP contribution is -2.11. The summed E-state index contributed by atoms with van der Waals surface area (Å²) in [6.07, 6.45) is 2.76. The Labute approximate surface area is 165 Å². The molecular formula is C24H24N4. The third-order valence-electron chi connectivity index (χ3n) is 5.14. The molecule has 0 unspecified atom stereocenters. The molecule has 1 atom stereocenters. The number of fused-ring (bicyclic) bond motifs is 1. The summed E-state index contributed by atoms with van der Waals surface area (Å²) in [7, 11) is 0. The van der Waals surface area contributed by atoms with Crippen molar-refractivity contribution >= 4 is 22.5 Å². The molecule has 4 nitrogen and oxygen atoms in total. The Kier molecular flexibility index (Phi) is 5.20. The number of aromatic nitrogens is 2. The zero-order chi connectivity index (χ0) is 19.3. The number of nitrogens with two attached hydrogens (primary N) is 1. The summed E-state index contributed by atoms with van der Waals surface area (Å²) in [6.45, 7) is 2.92. The average Bonchev–Trinajstić information content (AvgIpc) is 2.74. The molecule has 0 saturated carbocycles. The van der Waals surface area contributed by atoms with Gasteiger partial charge in [-0.2, -0.15) is 4.98 Å². The number of hydrogen-bond donors (Lipinski definition) is 2. The number of nitrogens with zero attached hydrogens (tertiary/aromatic N) is 2. The van der Waals surface area contributed by atoms with E-state index < -0.39 is 0 Å². The van der Waals surface area contributed by atoms with Crippen molar-refractivity contribution in [3.8, 4) is 0 Å². The third kappa shape index (κ3) is 3.81. The quantitative estimate of drug-likeness (QED) is 0.502. The van der Waals surface area contributed by atoms with Gasteiger partial charge in [0.1, 0.15) is 5.82 Å². The van der Waals surface area contributed by atoms with Gasteiger partial charge in [0.15, 0.2) is 0 Å². The predicted octanol–water partition coefficient (Wildman–Crippen LogP) is 5.02. The maximum Gasteiger partial charge on any atom is 0.224 e. The minimum Gasteiger partial charge on any atom is -0.383 e. The number of nitrogens with one attached hydrogen (secondary N) is 1. The van der Waals surface area contributed by atoms with Crippen LogP contribution in [-0.4, -0.2) is 16.5 Å².